The number of amides is 4. The van der Waals surface area contributed by atoms with Gasteiger partial charge in [0.15, 0.2) is 0 Å². The van der Waals surface area contributed by atoms with E-state index in [0.29, 0.717) is 46.2 Å². The highest BCUT2D eigenvalue weighted by Crippen LogP contribution is 2.31. The summed E-state index contributed by atoms with van der Waals surface area (Å²) >= 11 is 2.24. The summed E-state index contributed by atoms with van der Waals surface area (Å²) in [5, 5.41) is 2.16. The van der Waals surface area contributed by atoms with Crippen molar-refractivity contribution in [1.82, 2.24) is 10.2 Å². The smallest absolute Gasteiger partial charge is 0.263 e. The molecule has 198 valence electrons. The van der Waals surface area contributed by atoms with Gasteiger partial charge in [0.1, 0.15) is 6.04 Å². The van der Waals surface area contributed by atoms with Crippen LogP contribution in [0.5, 0.6) is 0 Å². The van der Waals surface area contributed by atoms with Gasteiger partial charge in [0, 0.05) is 10.8 Å². The molecule has 1 fully saturated rings. The number of fused-ring (bicyclic) bond motifs is 1. The normalized spacial score (nSPS) is 18.5. The number of hydrogen-bond acceptors (Lipinski definition) is 9. The van der Waals surface area contributed by atoms with Gasteiger partial charge in [-0.05, 0) is 18.6 Å². The number of ether oxygens (including phenoxy) is 4. The molecule has 36 heavy (non-hydrogen) atoms. The molecule has 2 heterocycles. The van der Waals surface area contributed by atoms with E-state index in [4.69, 9.17) is 18.9 Å². The second kappa shape index (κ2) is 14.8. The number of rotatable bonds is 16. The summed E-state index contributed by atoms with van der Waals surface area (Å²) in [5.41, 5.74) is 0.136. The highest BCUT2D eigenvalue weighted by Gasteiger charge is 2.46. The number of nitrogens with one attached hydrogen (secondary N) is 1. The summed E-state index contributed by atoms with van der Waals surface area (Å²) in [6.07, 6.45) is 0.0914. The molecule has 0 aliphatic carbocycles. The molecule has 3 rings (SSSR count). The molecule has 2 aliphatic heterocycles. The van der Waals surface area contributed by atoms with Crippen molar-refractivity contribution >= 4 is 57.0 Å². The predicted molar refractivity (Wildman–Crippen MR) is 137 cm³/mol. The molecule has 2 aliphatic rings. The second-order valence-electron chi connectivity index (χ2n) is 7.81. The molecule has 13 heteroatoms. The number of imide groups is 2. The van der Waals surface area contributed by atoms with Gasteiger partial charge in [0.25, 0.3) is 11.8 Å². The Hall–Kier alpha value is -1.78. The number of halogens is 1. The van der Waals surface area contributed by atoms with Crippen molar-refractivity contribution < 1.29 is 42.3 Å². The quantitative estimate of drug-likeness (QED) is 0.120. The number of carbonyl (C=O) groups excluding carboxylic acids is 4. The van der Waals surface area contributed by atoms with Crippen LogP contribution in [0.3, 0.4) is 0 Å². The monoisotopic (exact) mass is 636 g/mol. The molecule has 0 saturated carbocycles. The average Bonchev–Trinajstić information content (AvgIpc) is 3.12. The van der Waals surface area contributed by atoms with Crippen LogP contribution in [0.25, 0.3) is 0 Å². The fourth-order valence-corrected chi connectivity index (χ4v) is 5.19. The molecule has 0 bridgehead atoms. The maximum atomic E-state index is 13.1. The lowest BCUT2D eigenvalue weighted by atomic mass is 10.0. The maximum absolute atomic E-state index is 13.1. The van der Waals surface area contributed by atoms with E-state index in [-0.39, 0.29) is 41.2 Å². The fourth-order valence-electron chi connectivity index (χ4n) is 3.73. The van der Waals surface area contributed by atoms with Gasteiger partial charge >= 0.3 is 0 Å². The summed E-state index contributed by atoms with van der Waals surface area (Å²) in [7, 11) is -1.60. The maximum Gasteiger partial charge on any atom is 0.263 e. The first-order chi connectivity index (χ1) is 17.5. The van der Waals surface area contributed by atoms with Crippen LogP contribution in [-0.4, -0.2) is 102 Å². The summed E-state index contributed by atoms with van der Waals surface area (Å²) in [5.74, 6) is -2.32. The lowest BCUT2D eigenvalue weighted by molar-refractivity contribution is -0.136. The van der Waals surface area contributed by atoms with Crippen molar-refractivity contribution in [3.05, 3.63) is 29.3 Å². The van der Waals surface area contributed by atoms with Gasteiger partial charge in [0.2, 0.25) is 11.8 Å². The van der Waals surface area contributed by atoms with Crippen LogP contribution in [-0.2, 0) is 39.3 Å². The Morgan fingerprint density at radius 2 is 1.50 bits per heavy atom. The van der Waals surface area contributed by atoms with E-state index in [2.05, 4.69) is 27.9 Å². The lowest BCUT2D eigenvalue weighted by Gasteiger charge is -2.27. The third kappa shape index (κ3) is 7.61. The summed E-state index contributed by atoms with van der Waals surface area (Å²) in [4.78, 5) is 50.7. The Kier molecular flexibility index (Phi) is 11.9. The van der Waals surface area contributed by atoms with Gasteiger partial charge in [-0.1, -0.05) is 28.7 Å². The topological polar surface area (TPSA) is 138 Å². The molecule has 2 atom stereocenters. The molecule has 4 amide bonds. The van der Waals surface area contributed by atoms with Crippen LogP contribution in [0.4, 0.5) is 0 Å². The van der Waals surface area contributed by atoms with Crippen LogP contribution < -0.4 is 5.32 Å². The zero-order valence-corrected chi connectivity index (χ0v) is 22.7. The zero-order chi connectivity index (χ0) is 25.9. The molecule has 2 unspecified atom stereocenters. The minimum atomic E-state index is -1.60. The SMILES string of the molecule is O=C1CCC(N2C(=O)c3cccc(S(=O)CCOCCOCCOCCOCCI)c3C2=O)C(=O)N1. The summed E-state index contributed by atoms with van der Waals surface area (Å²) in [6, 6.07) is 3.48. The van der Waals surface area contributed by atoms with Crippen LogP contribution in [0.2, 0.25) is 0 Å². The molecule has 0 aromatic heterocycles. The number of benzene rings is 1. The largest absolute Gasteiger partial charge is 0.378 e. The number of hydrogen-bond donors (Lipinski definition) is 1. The van der Waals surface area contributed by atoms with Crippen molar-refractivity contribution in [2.45, 2.75) is 23.8 Å². The van der Waals surface area contributed by atoms with Gasteiger partial charge in [-0.2, -0.15) is 0 Å². The van der Waals surface area contributed by atoms with E-state index in [1.54, 1.807) is 6.07 Å². The molecule has 1 aromatic carbocycles. The van der Waals surface area contributed by atoms with Crippen molar-refractivity contribution in [1.29, 1.82) is 0 Å². The van der Waals surface area contributed by atoms with Gasteiger partial charge in [0.05, 0.1) is 85.4 Å². The van der Waals surface area contributed by atoms with Gasteiger partial charge < -0.3 is 18.9 Å². The third-order valence-corrected chi connectivity index (χ3v) is 7.23. The van der Waals surface area contributed by atoms with Crippen LogP contribution >= 0.6 is 22.6 Å². The summed E-state index contributed by atoms with van der Waals surface area (Å²) < 4.78 is 35.4. The number of alkyl halides is 1. The highest BCUT2D eigenvalue weighted by atomic mass is 127. The molecule has 0 radical (unpaired) electrons. The van der Waals surface area contributed by atoms with E-state index in [0.717, 1.165) is 9.33 Å². The van der Waals surface area contributed by atoms with E-state index in [1.165, 1.54) is 12.1 Å². The Balaban J connectivity index is 1.41. The Morgan fingerprint density at radius 3 is 2.11 bits per heavy atom. The molecular formula is C23H29IN2O9S. The third-order valence-electron chi connectivity index (χ3n) is 5.43. The Morgan fingerprint density at radius 1 is 0.889 bits per heavy atom. The van der Waals surface area contributed by atoms with Gasteiger partial charge in [-0.3, -0.25) is 33.6 Å². The molecule has 1 aromatic rings. The van der Waals surface area contributed by atoms with Crippen molar-refractivity contribution in [3.63, 3.8) is 0 Å². The standard InChI is InChI=1S/C23H29IN2O9S/c24-6-7-32-8-9-33-10-11-34-12-13-35-14-15-36(31)18-3-1-2-16-20(18)23(30)26(22(16)29)17-4-5-19(27)25-21(17)28/h1-3,17H,4-15H2,(H,25,27,28). The van der Waals surface area contributed by atoms with E-state index in [9.17, 15) is 23.4 Å². The van der Waals surface area contributed by atoms with E-state index < -0.39 is 40.5 Å². The molecular weight excluding hydrogens is 607 g/mol. The first-order valence-corrected chi connectivity index (χ1v) is 14.4. The Labute approximate surface area is 225 Å². The fraction of sp³-hybridized carbons (Fsp3) is 0.565. The highest BCUT2D eigenvalue weighted by molar-refractivity contribution is 14.1. The van der Waals surface area contributed by atoms with Crippen LogP contribution in [0, 0.1) is 0 Å². The van der Waals surface area contributed by atoms with Gasteiger partial charge in [-0.25, -0.2) is 0 Å². The minimum Gasteiger partial charge on any atom is -0.378 e. The average molecular weight is 636 g/mol. The lowest BCUT2D eigenvalue weighted by Crippen LogP contribution is -2.54. The molecule has 1 saturated heterocycles. The van der Waals surface area contributed by atoms with Crippen LogP contribution in [0.1, 0.15) is 33.6 Å². The van der Waals surface area contributed by atoms with E-state index >= 15 is 0 Å². The van der Waals surface area contributed by atoms with Crippen molar-refractivity contribution in [2.75, 3.05) is 63.0 Å². The van der Waals surface area contributed by atoms with Gasteiger partial charge in [-0.15, -0.1) is 0 Å². The minimum absolute atomic E-state index is 0.0322. The van der Waals surface area contributed by atoms with E-state index in [1.807, 2.05) is 0 Å². The number of piperidine rings is 1. The summed E-state index contributed by atoms with van der Waals surface area (Å²) in [6.45, 7) is 3.51. The van der Waals surface area contributed by atoms with Crippen molar-refractivity contribution in [3.8, 4) is 0 Å². The predicted octanol–water partition coefficient (Wildman–Crippen LogP) is 0.697. The molecule has 11 nitrogen and oxygen atoms in total. The first kappa shape index (κ1) is 28.8. The van der Waals surface area contributed by atoms with Crippen LogP contribution in [0.15, 0.2) is 23.1 Å². The molecule has 0 spiro atoms. The first-order valence-electron chi connectivity index (χ1n) is 11.6. The molecule has 1 N–H and O–H groups in total. The number of carbonyl (C=O) groups is 4. The zero-order valence-electron chi connectivity index (χ0n) is 19.7. The Bertz CT molecular complexity index is 990. The van der Waals surface area contributed by atoms with Crippen molar-refractivity contribution in [2.24, 2.45) is 0 Å². The number of nitrogens with zero attached hydrogens (tertiary/aromatic N) is 1. The second-order valence-corrected chi connectivity index (χ2v) is 10.4.